The zero-order chi connectivity index (χ0) is 18.4. The summed E-state index contributed by atoms with van der Waals surface area (Å²) in [5.41, 5.74) is 1.10. The monoisotopic (exact) mass is 366 g/mol. The fraction of sp³-hybridized carbons (Fsp3) is 0.632. The molecule has 1 aliphatic heterocycles. The smallest absolute Gasteiger partial charge is 0.191 e. The predicted octanol–water partition coefficient (Wildman–Crippen LogP) is 2.78. The molecule has 1 saturated heterocycles. The number of halogens is 1. The number of guanidine groups is 1. The maximum absolute atomic E-state index is 6.30. The Kier molecular flexibility index (Phi) is 7.38. The van der Waals surface area contributed by atoms with Crippen LogP contribution in [0.25, 0.3) is 0 Å². The van der Waals surface area contributed by atoms with E-state index in [2.05, 4.69) is 41.3 Å². The van der Waals surface area contributed by atoms with Crippen molar-refractivity contribution < 1.29 is 4.74 Å². The summed E-state index contributed by atoms with van der Waals surface area (Å²) in [5.74, 6) is 2.24. The molecule has 0 saturated carbocycles. The van der Waals surface area contributed by atoms with Crippen molar-refractivity contribution in [3.8, 4) is 5.75 Å². The summed E-state index contributed by atoms with van der Waals surface area (Å²) in [6.45, 7) is 9.77. The zero-order valence-electron chi connectivity index (χ0n) is 16.0. The second-order valence-electron chi connectivity index (χ2n) is 6.98. The van der Waals surface area contributed by atoms with Crippen molar-refractivity contribution in [2.45, 2.75) is 39.3 Å². The number of nitrogens with zero attached hydrogens (tertiary/aromatic N) is 2. The molecule has 0 radical (unpaired) electrons. The third-order valence-electron chi connectivity index (χ3n) is 4.86. The molecule has 1 fully saturated rings. The minimum Gasteiger partial charge on any atom is -0.497 e. The lowest BCUT2D eigenvalue weighted by Gasteiger charge is -2.22. The van der Waals surface area contributed by atoms with E-state index in [0.29, 0.717) is 18.0 Å². The van der Waals surface area contributed by atoms with E-state index in [1.165, 1.54) is 0 Å². The Balaban J connectivity index is 1.83. The molecule has 2 atom stereocenters. The second-order valence-corrected chi connectivity index (χ2v) is 7.39. The second kappa shape index (κ2) is 9.30. The van der Waals surface area contributed by atoms with Gasteiger partial charge in [0.2, 0.25) is 0 Å². The van der Waals surface area contributed by atoms with Crippen LogP contribution in [0.4, 0.5) is 0 Å². The molecular weight excluding hydrogens is 336 g/mol. The van der Waals surface area contributed by atoms with Crippen LogP contribution in [0.3, 0.4) is 0 Å². The third-order valence-corrected chi connectivity index (χ3v) is 5.22. The van der Waals surface area contributed by atoms with Crippen LogP contribution >= 0.6 is 11.6 Å². The molecule has 5 nitrogen and oxygen atoms in total. The first-order valence-corrected chi connectivity index (χ1v) is 9.36. The fourth-order valence-electron chi connectivity index (χ4n) is 3.16. The summed E-state index contributed by atoms with van der Waals surface area (Å²) < 4.78 is 5.19. The Morgan fingerprint density at radius 1 is 1.40 bits per heavy atom. The van der Waals surface area contributed by atoms with Crippen LogP contribution in [0.5, 0.6) is 5.75 Å². The van der Waals surface area contributed by atoms with E-state index in [9.17, 15) is 0 Å². The standard InChI is InChI=1S/C19H31ClN4O/c1-13(2)24-11-14(3)18(12-24)23-19(21-4)22-9-8-15-6-7-16(25-5)10-17(15)20/h6-7,10,13-14,18H,8-9,11-12H2,1-5H3,(H2,21,22,23). The van der Waals surface area contributed by atoms with E-state index in [-0.39, 0.29) is 0 Å². The molecule has 2 unspecified atom stereocenters. The Labute approximate surface area is 156 Å². The van der Waals surface area contributed by atoms with Crippen LogP contribution in [0.1, 0.15) is 26.3 Å². The number of ether oxygens (including phenoxy) is 1. The fourth-order valence-corrected chi connectivity index (χ4v) is 3.42. The highest BCUT2D eigenvalue weighted by Gasteiger charge is 2.31. The summed E-state index contributed by atoms with van der Waals surface area (Å²) in [4.78, 5) is 6.87. The first kappa shape index (κ1) is 19.9. The van der Waals surface area contributed by atoms with Crippen molar-refractivity contribution in [2.75, 3.05) is 33.8 Å². The minimum absolute atomic E-state index is 0.429. The van der Waals surface area contributed by atoms with Gasteiger partial charge >= 0.3 is 0 Å². The Bertz CT molecular complexity index is 591. The lowest BCUT2D eigenvalue weighted by Crippen LogP contribution is -2.47. The summed E-state index contributed by atoms with van der Waals surface area (Å²) in [7, 11) is 3.46. The molecule has 0 aromatic heterocycles. The van der Waals surface area contributed by atoms with E-state index in [1.807, 2.05) is 25.2 Å². The first-order chi connectivity index (χ1) is 11.9. The molecule has 2 N–H and O–H groups in total. The van der Waals surface area contributed by atoms with Gasteiger partial charge in [-0.3, -0.25) is 9.89 Å². The number of likely N-dealkylation sites (tertiary alicyclic amines) is 1. The average molecular weight is 367 g/mol. The normalized spacial score (nSPS) is 21.6. The van der Waals surface area contributed by atoms with Crippen LogP contribution in [0.2, 0.25) is 5.02 Å². The highest BCUT2D eigenvalue weighted by molar-refractivity contribution is 6.31. The van der Waals surface area contributed by atoms with Gasteiger partial charge in [0.15, 0.2) is 5.96 Å². The van der Waals surface area contributed by atoms with E-state index in [1.54, 1.807) is 7.11 Å². The van der Waals surface area contributed by atoms with Crippen LogP contribution in [0.15, 0.2) is 23.2 Å². The molecule has 25 heavy (non-hydrogen) atoms. The van der Waals surface area contributed by atoms with Crippen molar-refractivity contribution in [2.24, 2.45) is 10.9 Å². The lowest BCUT2D eigenvalue weighted by molar-refractivity contribution is 0.265. The molecule has 0 aliphatic carbocycles. The molecule has 6 heteroatoms. The minimum atomic E-state index is 0.429. The van der Waals surface area contributed by atoms with Gasteiger partial charge < -0.3 is 15.4 Å². The topological polar surface area (TPSA) is 48.9 Å². The third kappa shape index (κ3) is 5.51. The van der Waals surface area contributed by atoms with Gasteiger partial charge in [0, 0.05) is 43.8 Å². The molecule has 1 aromatic rings. The largest absolute Gasteiger partial charge is 0.497 e. The Morgan fingerprint density at radius 2 is 2.16 bits per heavy atom. The highest BCUT2D eigenvalue weighted by Crippen LogP contribution is 2.22. The van der Waals surface area contributed by atoms with Crippen LogP contribution < -0.4 is 15.4 Å². The quantitative estimate of drug-likeness (QED) is 0.600. The predicted molar refractivity (Wildman–Crippen MR) is 106 cm³/mol. The van der Waals surface area contributed by atoms with E-state index in [4.69, 9.17) is 16.3 Å². The van der Waals surface area contributed by atoms with Crippen LogP contribution in [0, 0.1) is 5.92 Å². The van der Waals surface area contributed by atoms with Gasteiger partial charge in [-0.05, 0) is 43.9 Å². The van der Waals surface area contributed by atoms with Gasteiger partial charge in [0.25, 0.3) is 0 Å². The zero-order valence-corrected chi connectivity index (χ0v) is 16.7. The molecule has 0 amide bonds. The van der Waals surface area contributed by atoms with Gasteiger partial charge in [-0.15, -0.1) is 0 Å². The number of hydrogen-bond acceptors (Lipinski definition) is 3. The molecule has 1 aliphatic rings. The number of aliphatic imine (C=N–C) groups is 1. The van der Waals surface area contributed by atoms with Crippen molar-refractivity contribution in [1.82, 2.24) is 15.5 Å². The molecule has 0 bridgehead atoms. The molecule has 140 valence electrons. The summed E-state index contributed by atoms with van der Waals surface area (Å²) in [6, 6.07) is 6.82. The van der Waals surface area contributed by atoms with Gasteiger partial charge in [0.05, 0.1) is 7.11 Å². The number of benzene rings is 1. The van der Waals surface area contributed by atoms with Crippen molar-refractivity contribution in [3.05, 3.63) is 28.8 Å². The number of nitrogens with one attached hydrogen (secondary N) is 2. The molecule has 0 spiro atoms. The van der Waals surface area contributed by atoms with Crippen molar-refractivity contribution in [1.29, 1.82) is 0 Å². The van der Waals surface area contributed by atoms with Gasteiger partial charge in [-0.25, -0.2) is 0 Å². The average Bonchev–Trinajstić information content (AvgIpc) is 2.96. The lowest BCUT2D eigenvalue weighted by atomic mass is 10.1. The summed E-state index contributed by atoms with van der Waals surface area (Å²) >= 11 is 6.30. The number of methoxy groups -OCH3 is 1. The number of hydrogen-bond donors (Lipinski definition) is 2. The SMILES string of the molecule is CN=C(NCCc1ccc(OC)cc1Cl)NC1CN(C(C)C)CC1C. The Hall–Kier alpha value is -1.46. The summed E-state index contributed by atoms with van der Waals surface area (Å²) in [5, 5.41) is 7.70. The van der Waals surface area contributed by atoms with Crippen molar-refractivity contribution in [3.63, 3.8) is 0 Å². The van der Waals surface area contributed by atoms with Crippen LogP contribution in [-0.2, 0) is 6.42 Å². The van der Waals surface area contributed by atoms with Gasteiger partial charge in [-0.2, -0.15) is 0 Å². The first-order valence-electron chi connectivity index (χ1n) is 8.98. The van der Waals surface area contributed by atoms with E-state index in [0.717, 1.165) is 48.4 Å². The van der Waals surface area contributed by atoms with Gasteiger partial charge in [0.1, 0.15) is 5.75 Å². The van der Waals surface area contributed by atoms with E-state index >= 15 is 0 Å². The Morgan fingerprint density at radius 3 is 2.72 bits per heavy atom. The highest BCUT2D eigenvalue weighted by atomic mass is 35.5. The maximum atomic E-state index is 6.30. The molecule has 1 aromatic carbocycles. The molecule has 2 rings (SSSR count). The summed E-state index contributed by atoms with van der Waals surface area (Å²) in [6.07, 6.45) is 0.835. The molecular formula is C19H31ClN4O. The number of rotatable bonds is 6. The van der Waals surface area contributed by atoms with Gasteiger partial charge in [-0.1, -0.05) is 24.6 Å². The molecule has 1 heterocycles. The van der Waals surface area contributed by atoms with Crippen molar-refractivity contribution >= 4 is 17.6 Å². The van der Waals surface area contributed by atoms with E-state index < -0.39 is 0 Å². The van der Waals surface area contributed by atoms with Crippen LogP contribution in [-0.4, -0.2) is 56.7 Å². The maximum Gasteiger partial charge on any atom is 0.191 e.